The first-order valence-corrected chi connectivity index (χ1v) is 7.81. The molecule has 3 heterocycles. The molecule has 2 unspecified atom stereocenters. The lowest BCUT2D eigenvalue weighted by Crippen LogP contribution is -2.38. The Morgan fingerprint density at radius 1 is 1.18 bits per heavy atom. The van der Waals surface area contributed by atoms with Crippen molar-refractivity contribution in [2.24, 2.45) is 0 Å². The average molecular weight is 307 g/mol. The molecule has 3 rings (SSSR count). The summed E-state index contributed by atoms with van der Waals surface area (Å²) in [6.07, 6.45) is 6.01. The second-order valence-electron chi connectivity index (χ2n) is 5.81. The first-order chi connectivity index (χ1) is 10.7. The standard InChI is InChI=1S/C15H21N3O4/c19-18(20)12-5-6-15(16-9-12)17(10-13-3-1-7-21-13)11-14-4-2-8-22-14/h5-6,9,13-14H,1-4,7-8,10-11H2. The minimum Gasteiger partial charge on any atom is -0.376 e. The van der Waals surface area contributed by atoms with Crippen molar-refractivity contribution in [1.29, 1.82) is 0 Å². The van der Waals surface area contributed by atoms with Crippen molar-refractivity contribution < 1.29 is 14.4 Å². The molecule has 0 N–H and O–H groups in total. The summed E-state index contributed by atoms with van der Waals surface area (Å²) in [6.45, 7) is 3.13. The van der Waals surface area contributed by atoms with Gasteiger partial charge in [0.05, 0.1) is 17.1 Å². The van der Waals surface area contributed by atoms with E-state index in [-0.39, 0.29) is 17.9 Å². The molecule has 2 aliphatic rings. The van der Waals surface area contributed by atoms with Crippen molar-refractivity contribution in [3.8, 4) is 0 Å². The lowest BCUT2D eigenvalue weighted by Gasteiger charge is -2.28. The highest BCUT2D eigenvalue weighted by atomic mass is 16.6. The zero-order valence-corrected chi connectivity index (χ0v) is 12.5. The van der Waals surface area contributed by atoms with Gasteiger partial charge in [0.2, 0.25) is 0 Å². The summed E-state index contributed by atoms with van der Waals surface area (Å²) in [5.74, 6) is 0.747. The minimum absolute atomic E-state index is 0.0120. The van der Waals surface area contributed by atoms with Crippen LogP contribution >= 0.6 is 0 Å². The van der Waals surface area contributed by atoms with Crippen LogP contribution in [0.1, 0.15) is 25.7 Å². The minimum atomic E-state index is -0.429. The lowest BCUT2D eigenvalue weighted by atomic mass is 10.2. The predicted octanol–water partition coefficient (Wildman–Crippen LogP) is 2.15. The Morgan fingerprint density at radius 3 is 2.23 bits per heavy atom. The van der Waals surface area contributed by atoms with Crippen LogP contribution in [-0.4, -0.2) is 48.4 Å². The van der Waals surface area contributed by atoms with Crippen LogP contribution in [0.25, 0.3) is 0 Å². The molecular weight excluding hydrogens is 286 g/mol. The van der Waals surface area contributed by atoms with Crippen LogP contribution in [0.5, 0.6) is 0 Å². The van der Waals surface area contributed by atoms with Crippen LogP contribution in [0, 0.1) is 10.1 Å². The summed E-state index contributed by atoms with van der Waals surface area (Å²) in [5.41, 5.74) is 0.0120. The van der Waals surface area contributed by atoms with Gasteiger partial charge >= 0.3 is 0 Å². The van der Waals surface area contributed by atoms with Crippen molar-refractivity contribution >= 4 is 11.5 Å². The number of anilines is 1. The van der Waals surface area contributed by atoms with Crippen molar-refractivity contribution in [2.75, 3.05) is 31.2 Å². The lowest BCUT2D eigenvalue weighted by molar-refractivity contribution is -0.385. The molecule has 0 aliphatic carbocycles. The first kappa shape index (κ1) is 15.2. The Hall–Kier alpha value is -1.73. The maximum atomic E-state index is 10.8. The summed E-state index contributed by atoms with van der Waals surface area (Å²) in [7, 11) is 0. The van der Waals surface area contributed by atoms with E-state index in [0.717, 1.165) is 57.8 Å². The molecule has 0 spiro atoms. The second kappa shape index (κ2) is 7.02. The van der Waals surface area contributed by atoms with Gasteiger partial charge in [0.1, 0.15) is 12.0 Å². The summed E-state index contributed by atoms with van der Waals surface area (Å²) < 4.78 is 11.4. The number of pyridine rings is 1. The molecule has 7 nitrogen and oxygen atoms in total. The van der Waals surface area contributed by atoms with Gasteiger partial charge in [0.15, 0.2) is 0 Å². The Labute approximate surface area is 129 Å². The molecule has 0 radical (unpaired) electrons. The normalized spacial score (nSPS) is 24.5. The molecule has 1 aromatic rings. The highest BCUT2D eigenvalue weighted by Crippen LogP contribution is 2.22. The molecule has 0 aromatic carbocycles. The number of hydrogen-bond acceptors (Lipinski definition) is 6. The van der Waals surface area contributed by atoms with E-state index >= 15 is 0 Å². The van der Waals surface area contributed by atoms with Crippen molar-refractivity contribution in [3.63, 3.8) is 0 Å². The fourth-order valence-electron chi connectivity index (χ4n) is 3.00. The van der Waals surface area contributed by atoms with Crippen LogP contribution in [0.15, 0.2) is 18.3 Å². The second-order valence-corrected chi connectivity index (χ2v) is 5.81. The van der Waals surface area contributed by atoms with Crippen molar-refractivity contribution in [2.45, 2.75) is 37.9 Å². The smallest absolute Gasteiger partial charge is 0.287 e. The molecule has 7 heteroatoms. The highest BCUT2D eigenvalue weighted by molar-refractivity contribution is 5.43. The van der Waals surface area contributed by atoms with Crippen LogP contribution in [0.2, 0.25) is 0 Å². The monoisotopic (exact) mass is 307 g/mol. The van der Waals surface area contributed by atoms with E-state index in [1.807, 2.05) is 0 Å². The Balaban J connectivity index is 1.71. The Morgan fingerprint density at radius 2 is 1.82 bits per heavy atom. The van der Waals surface area contributed by atoms with E-state index in [0.29, 0.717) is 0 Å². The SMILES string of the molecule is O=[N+]([O-])c1ccc(N(CC2CCCO2)CC2CCCO2)nc1. The van der Waals surface area contributed by atoms with E-state index in [2.05, 4.69) is 9.88 Å². The molecule has 0 bridgehead atoms. The van der Waals surface area contributed by atoms with Gasteiger partial charge in [-0.05, 0) is 31.7 Å². The largest absolute Gasteiger partial charge is 0.376 e. The van der Waals surface area contributed by atoms with E-state index in [9.17, 15) is 10.1 Å². The zero-order chi connectivity index (χ0) is 15.4. The number of nitro groups is 1. The van der Waals surface area contributed by atoms with Gasteiger partial charge in [0, 0.05) is 32.4 Å². The molecule has 2 atom stereocenters. The van der Waals surface area contributed by atoms with Crippen LogP contribution in [-0.2, 0) is 9.47 Å². The van der Waals surface area contributed by atoms with Crippen molar-refractivity contribution in [1.82, 2.24) is 4.98 Å². The Kier molecular flexibility index (Phi) is 4.84. The fraction of sp³-hybridized carbons (Fsp3) is 0.667. The van der Waals surface area contributed by atoms with Gasteiger partial charge in [-0.1, -0.05) is 0 Å². The number of hydrogen-bond donors (Lipinski definition) is 0. The van der Waals surface area contributed by atoms with E-state index < -0.39 is 4.92 Å². The maximum Gasteiger partial charge on any atom is 0.287 e. The molecule has 2 fully saturated rings. The van der Waals surface area contributed by atoms with Gasteiger partial charge in [-0.15, -0.1) is 0 Å². The highest BCUT2D eigenvalue weighted by Gasteiger charge is 2.25. The summed E-state index contributed by atoms with van der Waals surface area (Å²) >= 11 is 0. The molecular formula is C15H21N3O4. The third-order valence-electron chi connectivity index (χ3n) is 4.16. The maximum absolute atomic E-state index is 10.8. The fourth-order valence-corrected chi connectivity index (χ4v) is 3.00. The predicted molar refractivity (Wildman–Crippen MR) is 81.1 cm³/mol. The molecule has 0 amide bonds. The molecule has 22 heavy (non-hydrogen) atoms. The number of nitrogens with zero attached hydrogens (tertiary/aromatic N) is 3. The number of aromatic nitrogens is 1. The van der Waals surface area contributed by atoms with Gasteiger partial charge in [-0.25, -0.2) is 4.98 Å². The zero-order valence-electron chi connectivity index (χ0n) is 12.5. The Bertz CT molecular complexity index is 478. The molecule has 120 valence electrons. The third kappa shape index (κ3) is 3.72. The van der Waals surface area contributed by atoms with E-state index in [1.54, 1.807) is 6.07 Å². The molecule has 1 aromatic heterocycles. The molecule has 2 aliphatic heterocycles. The molecule has 2 saturated heterocycles. The number of ether oxygens (including phenoxy) is 2. The van der Waals surface area contributed by atoms with Gasteiger partial charge in [-0.3, -0.25) is 10.1 Å². The molecule has 0 saturated carbocycles. The van der Waals surface area contributed by atoms with Gasteiger partial charge in [-0.2, -0.15) is 0 Å². The quantitative estimate of drug-likeness (QED) is 0.592. The number of rotatable bonds is 6. The first-order valence-electron chi connectivity index (χ1n) is 7.81. The van der Waals surface area contributed by atoms with E-state index in [4.69, 9.17) is 9.47 Å². The third-order valence-corrected chi connectivity index (χ3v) is 4.16. The van der Waals surface area contributed by atoms with E-state index in [1.165, 1.54) is 12.3 Å². The van der Waals surface area contributed by atoms with Crippen LogP contribution < -0.4 is 4.90 Å². The van der Waals surface area contributed by atoms with Crippen LogP contribution in [0.4, 0.5) is 11.5 Å². The topological polar surface area (TPSA) is 77.7 Å². The van der Waals surface area contributed by atoms with Crippen LogP contribution in [0.3, 0.4) is 0 Å². The summed E-state index contributed by atoms with van der Waals surface area (Å²) in [4.78, 5) is 16.7. The van der Waals surface area contributed by atoms with Crippen molar-refractivity contribution in [3.05, 3.63) is 28.4 Å². The summed E-state index contributed by atoms with van der Waals surface area (Å²) in [5, 5.41) is 10.8. The van der Waals surface area contributed by atoms with Gasteiger partial charge < -0.3 is 14.4 Å². The average Bonchev–Trinajstić information content (AvgIpc) is 3.20. The summed E-state index contributed by atoms with van der Waals surface area (Å²) in [6, 6.07) is 3.21. The van der Waals surface area contributed by atoms with Gasteiger partial charge in [0.25, 0.3) is 5.69 Å².